The maximum atomic E-state index is 6.14. The van der Waals surface area contributed by atoms with Crippen molar-refractivity contribution in [2.75, 3.05) is 26.7 Å². The molecule has 5 nitrogen and oxygen atoms in total. The summed E-state index contributed by atoms with van der Waals surface area (Å²) in [5.41, 5.74) is 1.41. The van der Waals surface area contributed by atoms with Gasteiger partial charge in [-0.15, -0.1) is 0 Å². The summed E-state index contributed by atoms with van der Waals surface area (Å²) in [7, 11) is 1.76. The molecule has 4 aliphatic rings. The average Bonchev–Trinajstić information content (AvgIpc) is 3.12. The number of hydrogen-bond donors (Lipinski definition) is 1. The van der Waals surface area contributed by atoms with E-state index in [9.17, 15) is 0 Å². The summed E-state index contributed by atoms with van der Waals surface area (Å²) in [6.45, 7) is 7.46. The quantitative estimate of drug-likeness (QED) is 0.655. The van der Waals surface area contributed by atoms with Crippen molar-refractivity contribution in [3.63, 3.8) is 0 Å². The molecule has 146 valence electrons. The van der Waals surface area contributed by atoms with E-state index in [0.717, 1.165) is 37.8 Å². The zero-order valence-electron chi connectivity index (χ0n) is 16.6. The summed E-state index contributed by atoms with van der Waals surface area (Å²) in [6.07, 6.45) is 4.61. The Bertz CT molecular complexity index is 733. The zero-order chi connectivity index (χ0) is 18.6. The van der Waals surface area contributed by atoms with E-state index < -0.39 is 0 Å². The van der Waals surface area contributed by atoms with E-state index >= 15 is 0 Å². The van der Waals surface area contributed by atoms with E-state index in [1.807, 2.05) is 6.07 Å². The molecule has 1 aromatic carbocycles. The molecule has 27 heavy (non-hydrogen) atoms. The second-order valence-corrected chi connectivity index (χ2v) is 8.84. The van der Waals surface area contributed by atoms with Crippen molar-refractivity contribution in [3.8, 4) is 5.75 Å². The Morgan fingerprint density at radius 2 is 1.96 bits per heavy atom. The second-order valence-electron chi connectivity index (χ2n) is 8.84. The van der Waals surface area contributed by atoms with Crippen LogP contribution in [0.5, 0.6) is 5.75 Å². The fraction of sp³-hybridized carbons (Fsp3) is 0.682. The van der Waals surface area contributed by atoms with Gasteiger partial charge in [-0.05, 0) is 32.3 Å². The number of nitrogens with zero attached hydrogens (tertiary/aromatic N) is 2. The van der Waals surface area contributed by atoms with Crippen LogP contribution in [-0.4, -0.2) is 55.9 Å². The third kappa shape index (κ3) is 2.74. The molecule has 0 aromatic heterocycles. The van der Waals surface area contributed by atoms with Gasteiger partial charge in [-0.2, -0.15) is 0 Å². The first-order valence-corrected chi connectivity index (χ1v) is 10.5. The Hall–Kier alpha value is -1.75. The number of aliphatic imine (C=N–C) groups is 1. The molecule has 5 rings (SSSR count). The summed E-state index contributed by atoms with van der Waals surface area (Å²) < 4.78 is 11.7. The van der Waals surface area contributed by atoms with Crippen LogP contribution in [0.3, 0.4) is 0 Å². The number of methoxy groups -OCH3 is 1. The van der Waals surface area contributed by atoms with Gasteiger partial charge in [0.1, 0.15) is 5.75 Å². The fourth-order valence-electron chi connectivity index (χ4n) is 5.66. The number of para-hydroxylation sites is 1. The van der Waals surface area contributed by atoms with Crippen molar-refractivity contribution in [2.45, 2.75) is 56.8 Å². The second kappa shape index (κ2) is 6.40. The van der Waals surface area contributed by atoms with Crippen LogP contribution in [-0.2, 0) is 10.2 Å². The molecule has 1 aliphatic carbocycles. The summed E-state index contributed by atoms with van der Waals surface area (Å²) >= 11 is 0. The maximum absolute atomic E-state index is 6.14. The van der Waals surface area contributed by atoms with Gasteiger partial charge in [0.05, 0.1) is 19.3 Å². The van der Waals surface area contributed by atoms with Crippen molar-refractivity contribution < 1.29 is 9.47 Å². The molecule has 0 radical (unpaired) electrons. The molecule has 3 saturated heterocycles. The van der Waals surface area contributed by atoms with Crippen LogP contribution in [0.1, 0.15) is 38.7 Å². The standard InChI is InChI=1S/C22H31N3O2/c1-4-23-21(25-12-14-15(13-25)18-10-9-17(14)27-18)24-20-11-22(20,2)16-7-5-6-8-19(16)26-3/h5-8,14-15,17-18,20H,4,9-13H2,1-3H3,(H,23,24). The van der Waals surface area contributed by atoms with Crippen molar-refractivity contribution in [1.82, 2.24) is 10.2 Å². The zero-order valence-corrected chi connectivity index (χ0v) is 16.6. The lowest BCUT2D eigenvalue weighted by Crippen LogP contribution is -2.44. The number of rotatable bonds is 4. The molecule has 2 bridgehead atoms. The lowest BCUT2D eigenvalue weighted by atomic mass is 9.82. The Kier molecular flexibility index (Phi) is 4.12. The van der Waals surface area contributed by atoms with Crippen LogP contribution in [0.4, 0.5) is 0 Å². The topological polar surface area (TPSA) is 46.1 Å². The van der Waals surface area contributed by atoms with Crippen molar-refractivity contribution in [3.05, 3.63) is 29.8 Å². The Labute approximate surface area is 162 Å². The molecule has 3 aliphatic heterocycles. The van der Waals surface area contributed by atoms with E-state index in [4.69, 9.17) is 14.5 Å². The minimum absolute atomic E-state index is 0.110. The van der Waals surface area contributed by atoms with Gasteiger partial charge < -0.3 is 19.7 Å². The predicted molar refractivity (Wildman–Crippen MR) is 106 cm³/mol. The molecular formula is C22H31N3O2. The fourth-order valence-corrected chi connectivity index (χ4v) is 5.66. The molecule has 1 N–H and O–H groups in total. The first kappa shape index (κ1) is 17.4. The number of guanidine groups is 1. The monoisotopic (exact) mass is 369 g/mol. The molecule has 6 atom stereocenters. The number of ether oxygens (including phenoxy) is 2. The van der Waals surface area contributed by atoms with Gasteiger partial charge >= 0.3 is 0 Å². The van der Waals surface area contributed by atoms with Crippen LogP contribution in [0, 0.1) is 11.8 Å². The first-order valence-electron chi connectivity index (χ1n) is 10.5. The molecule has 0 spiro atoms. The Balaban J connectivity index is 1.30. The molecule has 1 aromatic rings. The Morgan fingerprint density at radius 3 is 2.63 bits per heavy atom. The van der Waals surface area contributed by atoms with Crippen LogP contribution >= 0.6 is 0 Å². The number of hydrogen-bond acceptors (Lipinski definition) is 3. The molecule has 6 unspecified atom stereocenters. The summed E-state index contributed by atoms with van der Waals surface area (Å²) in [5, 5.41) is 3.79. The summed E-state index contributed by atoms with van der Waals surface area (Å²) in [4.78, 5) is 7.34. The van der Waals surface area contributed by atoms with Crippen LogP contribution in [0.25, 0.3) is 0 Å². The van der Waals surface area contributed by atoms with Gasteiger partial charge in [-0.25, -0.2) is 0 Å². The first-order chi connectivity index (χ1) is 13.1. The third-order valence-electron chi connectivity index (χ3n) is 7.32. The van der Waals surface area contributed by atoms with Crippen LogP contribution < -0.4 is 10.1 Å². The molecule has 3 heterocycles. The number of likely N-dealkylation sites (tertiary alicyclic amines) is 1. The Morgan fingerprint density at radius 1 is 1.26 bits per heavy atom. The highest BCUT2D eigenvalue weighted by molar-refractivity contribution is 5.81. The van der Waals surface area contributed by atoms with Crippen LogP contribution in [0.2, 0.25) is 0 Å². The summed E-state index contributed by atoms with van der Waals surface area (Å²) in [5.74, 6) is 3.48. The predicted octanol–water partition coefficient (Wildman–Crippen LogP) is 2.80. The highest BCUT2D eigenvalue weighted by Gasteiger charge is 2.56. The van der Waals surface area contributed by atoms with Gasteiger partial charge in [0, 0.05) is 48.5 Å². The highest BCUT2D eigenvalue weighted by Crippen LogP contribution is 2.51. The van der Waals surface area contributed by atoms with E-state index in [-0.39, 0.29) is 5.41 Å². The van der Waals surface area contributed by atoms with E-state index in [2.05, 4.69) is 42.3 Å². The van der Waals surface area contributed by atoms with Crippen molar-refractivity contribution in [2.24, 2.45) is 16.8 Å². The molecular weight excluding hydrogens is 338 g/mol. The largest absolute Gasteiger partial charge is 0.496 e. The van der Waals surface area contributed by atoms with E-state index in [1.54, 1.807) is 7.11 Å². The molecule has 1 saturated carbocycles. The molecule has 0 amide bonds. The summed E-state index contributed by atoms with van der Waals surface area (Å²) in [6, 6.07) is 8.82. The van der Waals surface area contributed by atoms with Gasteiger partial charge in [0.2, 0.25) is 0 Å². The molecule has 4 fully saturated rings. The van der Waals surface area contributed by atoms with Gasteiger partial charge in [0.15, 0.2) is 5.96 Å². The lowest BCUT2D eigenvalue weighted by Gasteiger charge is -2.25. The lowest BCUT2D eigenvalue weighted by molar-refractivity contribution is 0.0767. The minimum Gasteiger partial charge on any atom is -0.496 e. The third-order valence-corrected chi connectivity index (χ3v) is 7.32. The van der Waals surface area contributed by atoms with Gasteiger partial charge in [-0.1, -0.05) is 25.1 Å². The van der Waals surface area contributed by atoms with Gasteiger partial charge in [-0.3, -0.25) is 4.99 Å². The number of fused-ring (bicyclic) bond motifs is 5. The highest BCUT2D eigenvalue weighted by atomic mass is 16.5. The molecule has 5 heteroatoms. The van der Waals surface area contributed by atoms with Crippen LogP contribution in [0.15, 0.2) is 29.3 Å². The average molecular weight is 370 g/mol. The minimum atomic E-state index is 0.110. The van der Waals surface area contributed by atoms with Gasteiger partial charge in [0.25, 0.3) is 0 Å². The van der Waals surface area contributed by atoms with E-state index in [1.165, 1.54) is 18.4 Å². The van der Waals surface area contributed by atoms with Crippen molar-refractivity contribution >= 4 is 5.96 Å². The number of benzene rings is 1. The number of nitrogens with one attached hydrogen (secondary N) is 1. The maximum Gasteiger partial charge on any atom is 0.194 e. The van der Waals surface area contributed by atoms with E-state index in [0.29, 0.717) is 30.1 Å². The normalized spacial score (nSPS) is 39.6. The SMILES string of the molecule is CCN=C(NC1CC1(C)c1ccccc1OC)N1CC2C3CCC(O3)C2C1. The van der Waals surface area contributed by atoms with Crippen molar-refractivity contribution in [1.29, 1.82) is 0 Å². The smallest absolute Gasteiger partial charge is 0.194 e.